The fourth-order valence-electron chi connectivity index (χ4n) is 2.78. The average molecular weight is 261 g/mol. The number of aromatic nitrogens is 1. The first-order valence-electron chi connectivity index (χ1n) is 6.85. The molecule has 0 aromatic carbocycles. The molecule has 5 heteroatoms. The van der Waals surface area contributed by atoms with Crippen LogP contribution in [0.1, 0.15) is 18.5 Å². The van der Waals surface area contributed by atoms with Crippen LogP contribution < -0.4 is 5.32 Å². The summed E-state index contributed by atoms with van der Waals surface area (Å²) in [4.78, 5) is 17.9. The van der Waals surface area contributed by atoms with Gasteiger partial charge in [0.15, 0.2) is 0 Å². The SMILES string of the molecule is O=C1NCC2(CCN(CCc3ccccn3)CC2)O1. The van der Waals surface area contributed by atoms with Gasteiger partial charge in [0.05, 0.1) is 6.54 Å². The minimum atomic E-state index is -0.262. The minimum Gasteiger partial charge on any atom is -0.441 e. The summed E-state index contributed by atoms with van der Waals surface area (Å²) in [6, 6.07) is 6.03. The molecule has 19 heavy (non-hydrogen) atoms. The number of rotatable bonds is 3. The Morgan fingerprint density at radius 3 is 2.84 bits per heavy atom. The zero-order chi connectivity index (χ0) is 13.1. The van der Waals surface area contributed by atoms with Crippen molar-refractivity contribution in [3.63, 3.8) is 0 Å². The molecule has 1 N–H and O–H groups in total. The standard InChI is InChI=1S/C14H19N3O2/c18-13-16-11-14(19-13)5-9-17(10-6-14)8-4-12-3-1-2-7-15-12/h1-3,7H,4-6,8-11H2,(H,16,18). The van der Waals surface area contributed by atoms with Crippen molar-refractivity contribution in [2.24, 2.45) is 0 Å². The van der Waals surface area contributed by atoms with Crippen molar-refractivity contribution < 1.29 is 9.53 Å². The maximum Gasteiger partial charge on any atom is 0.407 e. The molecule has 102 valence electrons. The number of carbonyl (C=O) groups excluding carboxylic acids is 1. The number of nitrogens with zero attached hydrogens (tertiary/aromatic N) is 2. The second kappa shape index (κ2) is 5.17. The van der Waals surface area contributed by atoms with Crippen LogP contribution in [0.4, 0.5) is 4.79 Å². The quantitative estimate of drug-likeness (QED) is 0.888. The summed E-state index contributed by atoms with van der Waals surface area (Å²) >= 11 is 0. The Morgan fingerprint density at radius 1 is 1.37 bits per heavy atom. The summed E-state index contributed by atoms with van der Waals surface area (Å²) in [5.41, 5.74) is 0.898. The lowest BCUT2D eigenvalue weighted by atomic mass is 9.91. The van der Waals surface area contributed by atoms with Gasteiger partial charge in [0.2, 0.25) is 0 Å². The summed E-state index contributed by atoms with van der Waals surface area (Å²) in [6.45, 7) is 3.66. The zero-order valence-electron chi connectivity index (χ0n) is 11.0. The van der Waals surface area contributed by atoms with Crippen molar-refractivity contribution in [1.82, 2.24) is 15.2 Å². The summed E-state index contributed by atoms with van der Waals surface area (Å²) in [5.74, 6) is 0. The maximum atomic E-state index is 11.2. The van der Waals surface area contributed by atoms with E-state index in [-0.39, 0.29) is 11.7 Å². The number of hydrogen-bond donors (Lipinski definition) is 1. The van der Waals surface area contributed by atoms with E-state index < -0.39 is 0 Å². The van der Waals surface area contributed by atoms with E-state index in [9.17, 15) is 4.79 Å². The number of carbonyl (C=O) groups is 1. The summed E-state index contributed by atoms with van der Waals surface area (Å²) in [5, 5.41) is 2.76. The van der Waals surface area contributed by atoms with Gasteiger partial charge in [-0.15, -0.1) is 0 Å². The third kappa shape index (κ3) is 2.87. The molecule has 2 fully saturated rings. The first-order valence-corrected chi connectivity index (χ1v) is 6.85. The minimum absolute atomic E-state index is 0.238. The highest BCUT2D eigenvalue weighted by atomic mass is 16.6. The molecule has 3 heterocycles. The first kappa shape index (κ1) is 12.4. The van der Waals surface area contributed by atoms with Gasteiger partial charge in [-0.2, -0.15) is 0 Å². The molecule has 2 aliphatic rings. The molecule has 0 unspecified atom stereocenters. The van der Waals surface area contributed by atoms with Gasteiger partial charge in [-0.3, -0.25) is 4.98 Å². The normalized spacial score (nSPS) is 22.2. The van der Waals surface area contributed by atoms with Crippen molar-refractivity contribution in [2.75, 3.05) is 26.2 Å². The average Bonchev–Trinajstić information content (AvgIpc) is 2.81. The number of pyridine rings is 1. The number of likely N-dealkylation sites (tertiary alicyclic amines) is 1. The van der Waals surface area contributed by atoms with Crippen LogP contribution in [-0.2, 0) is 11.2 Å². The molecule has 5 nitrogen and oxygen atoms in total. The van der Waals surface area contributed by atoms with E-state index in [1.54, 1.807) is 0 Å². The predicted molar refractivity (Wildman–Crippen MR) is 70.8 cm³/mol. The van der Waals surface area contributed by atoms with Gasteiger partial charge in [-0.1, -0.05) is 6.07 Å². The van der Waals surface area contributed by atoms with E-state index >= 15 is 0 Å². The Kier molecular flexibility index (Phi) is 3.38. The van der Waals surface area contributed by atoms with E-state index in [1.807, 2.05) is 18.3 Å². The topological polar surface area (TPSA) is 54.5 Å². The Morgan fingerprint density at radius 2 is 2.21 bits per heavy atom. The van der Waals surface area contributed by atoms with Gasteiger partial charge in [-0.05, 0) is 12.1 Å². The van der Waals surface area contributed by atoms with Crippen LogP contribution in [-0.4, -0.2) is 47.8 Å². The van der Waals surface area contributed by atoms with Gasteiger partial charge >= 0.3 is 6.09 Å². The molecular weight excluding hydrogens is 242 g/mol. The molecule has 3 rings (SSSR count). The Labute approximate surface area is 113 Å². The zero-order valence-corrected chi connectivity index (χ0v) is 11.0. The van der Waals surface area contributed by atoms with E-state index in [2.05, 4.69) is 21.3 Å². The van der Waals surface area contributed by atoms with Crippen molar-refractivity contribution in [3.8, 4) is 0 Å². The molecule has 1 amide bonds. The van der Waals surface area contributed by atoms with Crippen molar-refractivity contribution in [1.29, 1.82) is 0 Å². The Balaban J connectivity index is 1.47. The van der Waals surface area contributed by atoms with E-state index in [0.717, 1.165) is 44.6 Å². The van der Waals surface area contributed by atoms with Crippen LogP contribution in [0.2, 0.25) is 0 Å². The van der Waals surface area contributed by atoms with Crippen LogP contribution in [0.15, 0.2) is 24.4 Å². The van der Waals surface area contributed by atoms with Gasteiger partial charge in [-0.25, -0.2) is 4.79 Å². The number of nitrogens with one attached hydrogen (secondary N) is 1. The van der Waals surface area contributed by atoms with Crippen LogP contribution in [0.3, 0.4) is 0 Å². The summed E-state index contributed by atoms with van der Waals surface area (Å²) in [7, 11) is 0. The molecule has 2 saturated heterocycles. The van der Waals surface area contributed by atoms with E-state index in [0.29, 0.717) is 6.54 Å². The predicted octanol–water partition coefficient (Wildman–Crippen LogP) is 1.20. The molecule has 0 bridgehead atoms. The van der Waals surface area contributed by atoms with Crippen LogP contribution in [0.25, 0.3) is 0 Å². The molecule has 0 saturated carbocycles. The van der Waals surface area contributed by atoms with Crippen molar-refractivity contribution >= 4 is 6.09 Å². The van der Waals surface area contributed by atoms with E-state index in [4.69, 9.17) is 4.74 Å². The van der Waals surface area contributed by atoms with Crippen molar-refractivity contribution in [3.05, 3.63) is 30.1 Å². The Bertz CT molecular complexity index is 441. The number of hydrogen-bond acceptors (Lipinski definition) is 4. The van der Waals surface area contributed by atoms with Gasteiger partial charge < -0.3 is 15.0 Å². The highest BCUT2D eigenvalue weighted by Gasteiger charge is 2.42. The van der Waals surface area contributed by atoms with Crippen LogP contribution in [0.5, 0.6) is 0 Å². The number of piperidine rings is 1. The lowest BCUT2D eigenvalue weighted by Gasteiger charge is -2.37. The van der Waals surface area contributed by atoms with Gasteiger partial charge in [0.1, 0.15) is 5.60 Å². The number of amides is 1. The lowest BCUT2D eigenvalue weighted by molar-refractivity contribution is 0.00119. The summed E-state index contributed by atoms with van der Waals surface area (Å²) < 4.78 is 5.41. The molecule has 0 atom stereocenters. The molecule has 1 aromatic rings. The Hall–Kier alpha value is -1.62. The van der Waals surface area contributed by atoms with Crippen molar-refractivity contribution in [2.45, 2.75) is 24.9 Å². The second-order valence-electron chi connectivity index (χ2n) is 5.34. The maximum absolute atomic E-state index is 11.2. The smallest absolute Gasteiger partial charge is 0.407 e. The van der Waals surface area contributed by atoms with Crippen LogP contribution >= 0.6 is 0 Å². The summed E-state index contributed by atoms with van der Waals surface area (Å²) in [6.07, 6.45) is 4.40. The molecular formula is C14H19N3O2. The molecule has 1 spiro atoms. The first-order chi connectivity index (χ1) is 9.26. The number of ether oxygens (including phenoxy) is 1. The highest BCUT2D eigenvalue weighted by Crippen LogP contribution is 2.29. The third-order valence-electron chi connectivity index (χ3n) is 4.04. The fraction of sp³-hybridized carbons (Fsp3) is 0.571. The fourth-order valence-corrected chi connectivity index (χ4v) is 2.78. The molecule has 0 aliphatic carbocycles. The van der Waals surface area contributed by atoms with E-state index in [1.165, 1.54) is 0 Å². The highest BCUT2D eigenvalue weighted by molar-refractivity contribution is 5.70. The van der Waals surface area contributed by atoms with Crippen LogP contribution in [0, 0.1) is 0 Å². The van der Waals surface area contributed by atoms with Gasteiger partial charge in [0, 0.05) is 50.8 Å². The molecule has 1 aromatic heterocycles. The third-order valence-corrected chi connectivity index (χ3v) is 4.04. The second-order valence-corrected chi connectivity index (χ2v) is 5.34. The largest absolute Gasteiger partial charge is 0.441 e. The van der Waals surface area contributed by atoms with Gasteiger partial charge in [0.25, 0.3) is 0 Å². The lowest BCUT2D eigenvalue weighted by Crippen LogP contribution is -2.47. The number of alkyl carbamates (subject to hydrolysis) is 1. The monoisotopic (exact) mass is 261 g/mol. The molecule has 0 radical (unpaired) electrons. The molecule has 2 aliphatic heterocycles.